The Morgan fingerprint density at radius 2 is 2.00 bits per heavy atom. The van der Waals surface area contributed by atoms with E-state index in [-0.39, 0.29) is 0 Å². The van der Waals surface area contributed by atoms with Gasteiger partial charge < -0.3 is 0 Å². The van der Waals surface area contributed by atoms with Gasteiger partial charge in [0, 0.05) is 0 Å². The Kier molecular flexibility index (Phi) is 2.18. The van der Waals surface area contributed by atoms with E-state index in [1.807, 2.05) is 0 Å². The molecular formula is C12H22. The van der Waals surface area contributed by atoms with Gasteiger partial charge in [-0.05, 0) is 42.9 Å². The lowest BCUT2D eigenvalue weighted by Crippen LogP contribution is -2.23. The van der Waals surface area contributed by atoms with E-state index < -0.39 is 0 Å². The lowest BCUT2D eigenvalue weighted by molar-refractivity contribution is 0.161. The minimum absolute atomic E-state index is 0.744. The standard InChI is InChI=1S/C12H22/c1-10-5-7-12(2)6-3-4-11(8-10)9-12/h10-11H,3-9H2,1-2H3. The summed E-state index contributed by atoms with van der Waals surface area (Å²) >= 11 is 0. The van der Waals surface area contributed by atoms with Crippen LogP contribution in [0, 0.1) is 17.3 Å². The van der Waals surface area contributed by atoms with E-state index in [4.69, 9.17) is 0 Å². The molecule has 2 fully saturated rings. The van der Waals surface area contributed by atoms with Gasteiger partial charge in [-0.3, -0.25) is 0 Å². The molecule has 0 saturated heterocycles. The van der Waals surface area contributed by atoms with Crippen molar-refractivity contribution >= 4 is 0 Å². The van der Waals surface area contributed by atoms with Crippen molar-refractivity contribution < 1.29 is 0 Å². The van der Waals surface area contributed by atoms with E-state index in [0.717, 1.165) is 17.3 Å². The molecule has 0 heteroatoms. The molecule has 0 aromatic heterocycles. The van der Waals surface area contributed by atoms with Crippen LogP contribution < -0.4 is 0 Å². The summed E-state index contributed by atoms with van der Waals surface area (Å²) in [6, 6.07) is 0. The summed E-state index contributed by atoms with van der Waals surface area (Å²) in [5.41, 5.74) is 0.744. The molecule has 0 radical (unpaired) electrons. The topological polar surface area (TPSA) is 0 Å². The van der Waals surface area contributed by atoms with Crippen molar-refractivity contribution in [3.05, 3.63) is 0 Å². The highest BCUT2D eigenvalue weighted by Gasteiger charge is 2.35. The third-order valence-corrected chi connectivity index (χ3v) is 4.15. The van der Waals surface area contributed by atoms with Gasteiger partial charge in [0.2, 0.25) is 0 Å². The van der Waals surface area contributed by atoms with Crippen LogP contribution in [0.1, 0.15) is 58.8 Å². The van der Waals surface area contributed by atoms with Crippen LogP contribution >= 0.6 is 0 Å². The number of fused-ring (bicyclic) bond motifs is 2. The molecule has 2 saturated carbocycles. The zero-order valence-electron chi connectivity index (χ0n) is 8.60. The van der Waals surface area contributed by atoms with Crippen molar-refractivity contribution in [1.82, 2.24) is 0 Å². The average molecular weight is 166 g/mol. The van der Waals surface area contributed by atoms with Crippen molar-refractivity contribution in [2.45, 2.75) is 58.8 Å². The highest BCUT2D eigenvalue weighted by Crippen LogP contribution is 2.48. The van der Waals surface area contributed by atoms with Crippen LogP contribution in [-0.2, 0) is 0 Å². The van der Waals surface area contributed by atoms with Crippen LogP contribution in [0.4, 0.5) is 0 Å². The maximum Gasteiger partial charge on any atom is -0.0323 e. The quantitative estimate of drug-likeness (QED) is 0.510. The van der Waals surface area contributed by atoms with Crippen molar-refractivity contribution in [3.8, 4) is 0 Å². The normalized spacial score (nSPS) is 48.5. The molecule has 0 heterocycles. The number of hydrogen-bond acceptors (Lipinski definition) is 0. The molecule has 70 valence electrons. The minimum atomic E-state index is 0.744. The molecule has 12 heavy (non-hydrogen) atoms. The highest BCUT2D eigenvalue weighted by atomic mass is 14.4. The number of rotatable bonds is 0. The van der Waals surface area contributed by atoms with E-state index in [0.29, 0.717) is 0 Å². The van der Waals surface area contributed by atoms with Crippen LogP contribution in [0.5, 0.6) is 0 Å². The van der Waals surface area contributed by atoms with E-state index in [2.05, 4.69) is 13.8 Å². The third kappa shape index (κ3) is 1.67. The fourth-order valence-corrected chi connectivity index (χ4v) is 3.43. The summed E-state index contributed by atoms with van der Waals surface area (Å²) in [5.74, 6) is 2.09. The molecule has 0 N–H and O–H groups in total. The van der Waals surface area contributed by atoms with Gasteiger partial charge in [-0.15, -0.1) is 0 Å². The maximum absolute atomic E-state index is 2.52. The summed E-state index contributed by atoms with van der Waals surface area (Å²) in [6.45, 7) is 4.97. The highest BCUT2D eigenvalue weighted by molar-refractivity contribution is 4.86. The Labute approximate surface area is 76.7 Å². The van der Waals surface area contributed by atoms with Crippen LogP contribution in [0.15, 0.2) is 0 Å². The molecule has 0 aromatic rings. The molecule has 2 aliphatic carbocycles. The molecule has 0 amide bonds. The Morgan fingerprint density at radius 3 is 2.83 bits per heavy atom. The largest absolute Gasteiger partial charge is 0.0625 e. The lowest BCUT2D eigenvalue weighted by Gasteiger charge is -2.36. The zero-order chi connectivity index (χ0) is 8.60. The molecule has 3 unspecified atom stereocenters. The smallest absolute Gasteiger partial charge is 0.0323 e. The molecule has 0 spiro atoms. The minimum Gasteiger partial charge on any atom is -0.0625 e. The predicted molar refractivity (Wildman–Crippen MR) is 53.1 cm³/mol. The lowest BCUT2D eigenvalue weighted by atomic mass is 9.70. The SMILES string of the molecule is CC1CCC2(C)CCCC(C1)C2. The van der Waals surface area contributed by atoms with E-state index in [1.54, 1.807) is 0 Å². The second-order valence-corrected chi connectivity index (χ2v) is 5.65. The molecule has 3 atom stereocenters. The third-order valence-electron chi connectivity index (χ3n) is 4.15. The van der Waals surface area contributed by atoms with Crippen LogP contribution in [0.3, 0.4) is 0 Å². The number of hydrogen-bond donors (Lipinski definition) is 0. The molecule has 2 bridgehead atoms. The molecule has 2 aliphatic rings. The van der Waals surface area contributed by atoms with Gasteiger partial charge in [-0.2, -0.15) is 0 Å². The summed E-state index contributed by atoms with van der Waals surface area (Å²) in [7, 11) is 0. The Bertz CT molecular complexity index is 161. The van der Waals surface area contributed by atoms with Gasteiger partial charge >= 0.3 is 0 Å². The average Bonchev–Trinajstić information content (AvgIpc) is 2.09. The first-order valence-electron chi connectivity index (χ1n) is 5.68. The molecule has 0 nitrogen and oxygen atoms in total. The summed E-state index contributed by atoms with van der Waals surface area (Å²) in [4.78, 5) is 0. The monoisotopic (exact) mass is 166 g/mol. The van der Waals surface area contributed by atoms with Gasteiger partial charge in [-0.1, -0.05) is 33.1 Å². The van der Waals surface area contributed by atoms with E-state index in [9.17, 15) is 0 Å². The fraction of sp³-hybridized carbons (Fsp3) is 1.00. The van der Waals surface area contributed by atoms with Crippen LogP contribution in [-0.4, -0.2) is 0 Å². The molecule has 0 aromatic carbocycles. The molecule has 0 aliphatic heterocycles. The van der Waals surface area contributed by atoms with Crippen molar-refractivity contribution in [3.63, 3.8) is 0 Å². The fourth-order valence-electron chi connectivity index (χ4n) is 3.43. The van der Waals surface area contributed by atoms with Gasteiger partial charge in [0.1, 0.15) is 0 Å². The van der Waals surface area contributed by atoms with Gasteiger partial charge in [0.05, 0.1) is 0 Å². The van der Waals surface area contributed by atoms with E-state index >= 15 is 0 Å². The first-order valence-corrected chi connectivity index (χ1v) is 5.68. The summed E-state index contributed by atoms with van der Waals surface area (Å²) in [6.07, 6.45) is 10.6. The van der Waals surface area contributed by atoms with Gasteiger partial charge in [0.15, 0.2) is 0 Å². The second-order valence-electron chi connectivity index (χ2n) is 5.65. The maximum atomic E-state index is 2.52. The van der Waals surface area contributed by atoms with Crippen LogP contribution in [0.2, 0.25) is 0 Å². The van der Waals surface area contributed by atoms with Crippen molar-refractivity contribution in [1.29, 1.82) is 0 Å². The second kappa shape index (κ2) is 3.05. The summed E-state index contributed by atoms with van der Waals surface area (Å²) < 4.78 is 0. The van der Waals surface area contributed by atoms with Crippen LogP contribution in [0.25, 0.3) is 0 Å². The Morgan fingerprint density at radius 1 is 1.17 bits per heavy atom. The molecular weight excluding hydrogens is 144 g/mol. The Balaban J connectivity index is 2.08. The first kappa shape index (κ1) is 8.59. The Hall–Kier alpha value is 0. The zero-order valence-corrected chi connectivity index (χ0v) is 8.60. The molecule has 2 rings (SSSR count). The van der Waals surface area contributed by atoms with Gasteiger partial charge in [-0.25, -0.2) is 0 Å². The van der Waals surface area contributed by atoms with Crippen molar-refractivity contribution in [2.24, 2.45) is 17.3 Å². The summed E-state index contributed by atoms with van der Waals surface area (Å²) in [5, 5.41) is 0. The van der Waals surface area contributed by atoms with E-state index in [1.165, 1.54) is 44.9 Å². The van der Waals surface area contributed by atoms with Crippen molar-refractivity contribution in [2.75, 3.05) is 0 Å². The van der Waals surface area contributed by atoms with Gasteiger partial charge in [0.25, 0.3) is 0 Å². The first-order chi connectivity index (χ1) is 5.68. The predicted octanol–water partition coefficient (Wildman–Crippen LogP) is 4.00.